The Balaban J connectivity index is 1.46. The summed E-state index contributed by atoms with van der Waals surface area (Å²) in [5, 5.41) is 8.92. The van der Waals surface area contributed by atoms with Crippen molar-refractivity contribution in [2.45, 2.75) is 19.1 Å². The number of benzene rings is 3. The molecule has 1 aromatic heterocycles. The number of rotatable bonds is 5. The molecular weight excluding hydrogens is 399 g/mol. The number of nitriles is 1. The second kappa shape index (κ2) is 8.49. The highest BCUT2D eigenvalue weighted by molar-refractivity contribution is 5.64. The zero-order valence-electron chi connectivity index (χ0n) is 16.5. The van der Waals surface area contributed by atoms with E-state index in [9.17, 15) is 13.2 Å². The second-order valence-corrected chi connectivity index (χ2v) is 7.27. The van der Waals surface area contributed by atoms with Gasteiger partial charge in [-0.1, -0.05) is 48.5 Å². The first-order chi connectivity index (χ1) is 14.9. The molecule has 0 bridgehead atoms. The first-order valence-corrected chi connectivity index (χ1v) is 9.67. The fourth-order valence-corrected chi connectivity index (χ4v) is 3.39. The fraction of sp³-hybridized carbons (Fsp3) is 0.120. The molecule has 0 atom stereocenters. The van der Waals surface area contributed by atoms with Gasteiger partial charge in [-0.05, 0) is 46.5 Å². The van der Waals surface area contributed by atoms with Gasteiger partial charge in [0.1, 0.15) is 0 Å². The Labute approximate surface area is 178 Å². The zero-order valence-corrected chi connectivity index (χ0v) is 16.5. The van der Waals surface area contributed by atoms with Crippen LogP contribution in [0.15, 0.2) is 85.3 Å². The highest BCUT2D eigenvalue weighted by Gasteiger charge is 2.29. The average Bonchev–Trinajstić information content (AvgIpc) is 3.21. The van der Waals surface area contributed by atoms with E-state index in [1.807, 2.05) is 42.6 Å². The molecular formula is C25H18F3N3. The third kappa shape index (κ3) is 4.84. The molecule has 0 saturated carbocycles. The molecule has 3 aromatic carbocycles. The summed E-state index contributed by atoms with van der Waals surface area (Å²) in [6.45, 7) is 0.638. The molecule has 0 spiro atoms. The van der Waals surface area contributed by atoms with Crippen LogP contribution in [0.25, 0.3) is 11.1 Å². The van der Waals surface area contributed by atoms with Gasteiger partial charge in [-0.2, -0.15) is 18.4 Å². The standard InChI is InChI=1S/C25H18F3N3/c26-25(27,28)23-11-9-22(10-12-23)21-7-5-20(6-8-21)16-31-17-30-15-24(31)13-18-1-3-19(14-29)4-2-18/h1-12,15,17H,13,16H2. The maximum absolute atomic E-state index is 12.7. The lowest BCUT2D eigenvalue weighted by atomic mass is 10.0. The normalized spacial score (nSPS) is 11.3. The third-order valence-corrected chi connectivity index (χ3v) is 5.12. The Bertz CT molecular complexity index is 1200. The monoisotopic (exact) mass is 417 g/mol. The molecule has 31 heavy (non-hydrogen) atoms. The predicted molar refractivity (Wildman–Crippen MR) is 112 cm³/mol. The summed E-state index contributed by atoms with van der Waals surface area (Å²) in [5.41, 5.74) is 4.79. The maximum atomic E-state index is 12.7. The molecule has 0 fully saturated rings. The molecule has 0 radical (unpaired) electrons. The van der Waals surface area contributed by atoms with Crippen LogP contribution >= 0.6 is 0 Å². The second-order valence-electron chi connectivity index (χ2n) is 7.27. The molecule has 0 aliphatic carbocycles. The van der Waals surface area contributed by atoms with Crippen molar-refractivity contribution >= 4 is 0 Å². The SMILES string of the molecule is N#Cc1ccc(Cc2cncn2Cc2ccc(-c3ccc(C(F)(F)F)cc3)cc2)cc1. The van der Waals surface area contributed by atoms with Crippen LogP contribution in [-0.4, -0.2) is 9.55 Å². The topological polar surface area (TPSA) is 41.6 Å². The van der Waals surface area contributed by atoms with E-state index in [-0.39, 0.29) is 0 Å². The predicted octanol–water partition coefficient (Wildman–Crippen LogP) is 6.08. The molecule has 0 N–H and O–H groups in total. The average molecular weight is 417 g/mol. The summed E-state index contributed by atoms with van der Waals surface area (Å²) in [6, 6.07) is 22.5. The van der Waals surface area contributed by atoms with Crippen LogP contribution in [0.5, 0.6) is 0 Å². The molecule has 3 nitrogen and oxygen atoms in total. The summed E-state index contributed by atoms with van der Waals surface area (Å²) in [4.78, 5) is 4.26. The van der Waals surface area contributed by atoms with Gasteiger partial charge in [0.25, 0.3) is 0 Å². The number of nitrogens with zero attached hydrogens (tertiary/aromatic N) is 3. The van der Waals surface area contributed by atoms with Crippen molar-refractivity contribution in [3.05, 3.63) is 113 Å². The molecule has 0 saturated heterocycles. The van der Waals surface area contributed by atoms with Crippen LogP contribution in [-0.2, 0) is 19.1 Å². The summed E-state index contributed by atoms with van der Waals surface area (Å²) < 4.78 is 40.3. The Morgan fingerprint density at radius 1 is 0.806 bits per heavy atom. The van der Waals surface area contributed by atoms with E-state index in [0.29, 0.717) is 18.5 Å². The van der Waals surface area contributed by atoms with Crippen molar-refractivity contribution in [1.29, 1.82) is 5.26 Å². The van der Waals surface area contributed by atoms with E-state index in [0.717, 1.165) is 40.1 Å². The Morgan fingerprint density at radius 2 is 1.39 bits per heavy atom. The van der Waals surface area contributed by atoms with Gasteiger partial charge in [0, 0.05) is 24.9 Å². The van der Waals surface area contributed by atoms with Gasteiger partial charge in [-0.25, -0.2) is 4.98 Å². The summed E-state index contributed by atoms with van der Waals surface area (Å²) in [5.74, 6) is 0. The first kappa shape index (κ1) is 20.4. The van der Waals surface area contributed by atoms with Crippen LogP contribution in [0.3, 0.4) is 0 Å². The van der Waals surface area contributed by atoms with Crippen molar-refractivity contribution in [3.63, 3.8) is 0 Å². The number of imidazole rings is 1. The van der Waals surface area contributed by atoms with Crippen molar-refractivity contribution in [2.75, 3.05) is 0 Å². The van der Waals surface area contributed by atoms with E-state index in [1.165, 1.54) is 12.1 Å². The summed E-state index contributed by atoms with van der Waals surface area (Å²) in [6.07, 6.45) is -0.0183. The number of hydrogen-bond acceptors (Lipinski definition) is 2. The Hall–Kier alpha value is -3.85. The highest BCUT2D eigenvalue weighted by atomic mass is 19.4. The molecule has 154 valence electrons. The van der Waals surface area contributed by atoms with Gasteiger partial charge >= 0.3 is 6.18 Å². The number of halogens is 3. The molecule has 0 amide bonds. The lowest BCUT2D eigenvalue weighted by Crippen LogP contribution is -2.04. The number of aromatic nitrogens is 2. The van der Waals surface area contributed by atoms with E-state index in [4.69, 9.17) is 5.26 Å². The van der Waals surface area contributed by atoms with Crippen LogP contribution in [0.2, 0.25) is 0 Å². The third-order valence-electron chi connectivity index (χ3n) is 5.12. The lowest BCUT2D eigenvalue weighted by molar-refractivity contribution is -0.137. The Morgan fingerprint density at radius 3 is 1.97 bits per heavy atom. The van der Waals surface area contributed by atoms with Gasteiger partial charge in [0.05, 0.1) is 23.5 Å². The fourth-order valence-electron chi connectivity index (χ4n) is 3.39. The van der Waals surface area contributed by atoms with E-state index in [1.54, 1.807) is 18.5 Å². The van der Waals surface area contributed by atoms with Gasteiger partial charge in [-0.3, -0.25) is 0 Å². The largest absolute Gasteiger partial charge is 0.416 e. The quantitative estimate of drug-likeness (QED) is 0.395. The van der Waals surface area contributed by atoms with E-state index >= 15 is 0 Å². The molecule has 4 aromatic rings. The van der Waals surface area contributed by atoms with Crippen molar-refractivity contribution in [1.82, 2.24) is 9.55 Å². The summed E-state index contributed by atoms with van der Waals surface area (Å²) >= 11 is 0. The van der Waals surface area contributed by atoms with Crippen LogP contribution < -0.4 is 0 Å². The minimum absolute atomic E-state index is 0.630. The Kier molecular flexibility index (Phi) is 5.59. The lowest BCUT2D eigenvalue weighted by Gasteiger charge is -2.10. The smallest absolute Gasteiger partial charge is 0.330 e. The molecule has 0 aliphatic rings. The van der Waals surface area contributed by atoms with Crippen LogP contribution in [0, 0.1) is 11.3 Å². The molecule has 1 heterocycles. The maximum Gasteiger partial charge on any atom is 0.416 e. The van der Waals surface area contributed by atoms with Gasteiger partial charge in [-0.15, -0.1) is 0 Å². The molecule has 0 unspecified atom stereocenters. The van der Waals surface area contributed by atoms with Crippen LogP contribution in [0.1, 0.15) is 27.9 Å². The molecule has 0 aliphatic heterocycles. The van der Waals surface area contributed by atoms with Gasteiger partial charge in [0.2, 0.25) is 0 Å². The number of hydrogen-bond donors (Lipinski definition) is 0. The number of alkyl halides is 3. The summed E-state index contributed by atoms with van der Waals surface area (Å²) in [7, 11) is 0. The van der Waals surface area contributed by atoms with Crippen molar-refractivity contribution in [2.24, 2.45) is 0 Å². The van der Waals surface area contributed by atoms with Crippen molar-refractivity contribution in [3.8, 4) is 17.2 Å². The minimum Gasteiger partial charge on any atom is -0.330 e. The molecule has 4 rings (SSSR count). The van der Waals surface area contributed by atoms with Crippen LogP contribution in [0.4, 0.5) is 13.2 Å². The highest BCUT2D eigenvalue weighted by Crippen LogP contribution is 2.31. The van der Waals surface area contributed by atoms with E-state index < -0.39 is 11.7 Å². The minimum atomic E-state index is -4.33. The van der Waals surface area contributed by atoms with E-state index in [2.05, 4.69) is 15.6 Å². The van der Waals surface area contributed by atoms with Gasteiger partial charge in [0.15, 0.2) is 0 Å². The zero-order chi connectivity index (χ0) is 21.8. The van der Waals surface area contributed by atoms with Crippen molar-refractivity contribution < 1.29 is 13.2 Å². The van der Waals surface area contributed by atoms with Gasteiger partial charge < -0.3 is 4.57 Å². The first-order valence-electron chi connectivity index (χ1n) is 9.67. The molecule has 6 heteroatoms.